The molecular formula is C22H25F3N2O2. The average molecular weight is 406 g/mol. The molecule has 1 amide bonds. The second kappa shape index (κ2) is 9.89. The minimum Gasteiger partial charge on any atom is -0.371 e. The number of halogens is 3. The lowest BCUT2D eigenvalue weighted by atomic mass is 10.1. The highest BCUT2D eigenvalue weighted by molar-refractivity contribution is 5.94. The molecule has 156 valence electrons. The molecule has 0 aromatic heterocycles. The van der Waals surface area contributed by atoms with Gasteiger partial charge in [0, 0.05) is 25.2 Å². The van der Waals surface area contributed by atoms with Crippen LogP contribution in [0.4, 0.5) is 13.2 Å². The van der Waals surface area contributed by atoms with Gasteiger partial charge >= 0.3 is 6.18 Å². The van der Waals surface area contributed by atoms with E-state index in [2.05, 4.69) is 22.3 Å². The van der Waals surface area contributed by atoms with Crippen LogP contribution in [-0.4, -0.2) is 43.6 Å². The molecule has 1 heterocycles. The number of rotatable bonds is 7. The summed E-state index contributed by atoms with van der Waals surface area (Å²) in [6.45, 7) is 3.72. The third kappa shape index (κ3) is 6.30. The number of amides is 1. The Bertz CT molecular complexity index is 796. The molecule has 2 aromatic rings. The third-order valence-corrected chi connectivity index (χ3v) is 4.96. The Labute approximate surface area is 168 Å². The highest BCUT2D eigenvalue weighted by atomic mass is 19.4. The van der Waals surface area contributed by atoms with Crippen LogP contribution in [0.3, 0.4) is 0 Å². The van der Waals surface area contributed by atoms with E-state index < -0.39 is 17.6 Å². The summed E-state index contributed by atoms with van der Waals surface area (Å²) in [5, 5.41) is 2.70. The van der Waals surface area contributed by atoms with Crippen LogP contribution < -0.4 is 5.32 Å². The van der Waals surface area contributed by atoms with Crippen LogP contribution in [0.2, 0.25) is 0 Å². The van der Waals surface area contributed by atoms with Crippen molar-refractivity contribution in [1.82, 2.24) is 10.2 Å². The second-order valence-corrected chi connectivity index (χ2v) is 7.11. The van der Waals surface area contributed by atoms with E-state index in [9.17, 15) is 18.0 Å². The maximum absolute atomic E-state index is 12.8. The highest BCUT2D eigenvalue weighted by Crippen LogP contribution is 2.29. The molecule has 0 unspecified atom stereocenters. The number of hydrogen-bond donors (Lipinski definition) is 1. The van der Waals surface area contributed by atoms with E-state index in [1.807, 2.05) is 18.2 Å². The van der Waals surface area contributed by atoms with Crippen molar-refractivity contribution in [2.24, 2.45) is 0 Å². The normalized spacial score (nSPS) is 17.8. The quantitative estimate of drug-likeness (QED) is 0.698. The molecule has 0 aliphatic carbocycles. The molecule has 0 saturated carbocycles. The molecule has 4 nitrogen and oxygen atoms in total. The van der Waals surface area contributed by atoms with Crippen molar-refractivity contribution >= 4 is 5.91 Å². The lowest BCUT2D eigenvalue weighted by Crippen LogP contribution is -2.39. The Hall–Kier alpha value is -2.38. The molecule has 0 spiro atoms. The molecule has 7 heteroatoms. The first-order valence-electron chi connectivity index (χ1n) is 9.78. The smallest absolute Gasteiger partial charge is 0.371 e. The number of carbonyl (C=O) groups is 1. The summed E-state index contributed by atoms with van der Waals surface area (Å²) in [6.07, 6.45) is -2.72. The number of morpholine rings is 1. The van der Waals surface area contributed by atoms with E-state index in [0.717, 1.165) is 44.6 Å². The number of nitrogens with one attached hydrogen (secondary N) is 1. The van der Waals surface area contributed by atoms with Crippen molar-refractivity contribution in [3.05, 3.63) is 71.3 Å². The van der Waals surface area contributed by atoms with Gasteiger partial charge in [-0.2, -0.15) is 13.2 Å². The molecule has 3 rings (SSSR count). The van der Waals surface area contributed by atoms with Gasteiger partial charge in [0.15, 0.2) is 0 Å². The van der Waals surface area contributed by atoms with Crippen LogP contribution >= 0.6 is 0 Å². The summed E-state index contributed by atoms with van der Waals surface area (Å²) >= 11 is 0. The topological polar surface area (TPSA) is 41.6 Å². The van der Waals surface area contributed by atoms with Crippen LogP contribution in [0, 0.1) is 0 Å². The van der Waals surface area contributed by atoms with Crippen molar-refractivity contribution in [1.29, 1.82) is 0 Å². The predicted octanol–water partition coefficient (Wildman–Crippen LogP) is 4.29. The molecule has 29 heavy (non-hydrogen) atoms. The maximum Gasteiger partial charge on any atom is 0.416 e. The van der Waals surface area contributed by atoms with Crippen molar-refractivity contribution in [3.63, 3.8) is 0 Å². The molecule has 2 aromatic carbocycles. The van der Waals surface area contributed by atoms with E-state index in [-0.39, 0.29) is 11.7 Å². The van der Waals surface area contributed by atoms with Crippen molar-refractivity contribution in [2.75, 3.05) is 32.8 Å². The Kier molecular flexibility index (Phi) is 7.28. The Morgan fingerprint density at radius 3 is 2.66 bits per heavy atom. The monoisotopic (exact) mass is 406 g/mol. The van der Waals surface area contributed by atoms with E-state index in [1.54, 1.807) is 0 Å². The van der Waals surface area contributed by atoms with Gasteiger partial charge in [-0.05, 0) is 43.1 Å². The fourth-order valence-electron chi connectivity index (χ4n) is 3.38. The highest BCUT2D eigenvalue weighted by Gasteiger charge is 2.30. The Morgan fingerprint density at radius 2 is 1.90 bits per heavy atom. The van der Waals surface area contributed by atoms with E-state index in [0.29, 0.717) is 13.2 Å². The number of unbranched alkanes of at least 4 members (excludes halogenated alkanes) is 1. The van der Waals surface area contributed by atoms with Crippen LogP contribution in [0.25, 0.3) is 0 Å². The largest absolute Gasteiger partial charge is 0.416 e. The third-order valence-electron chi connectivity index (χ3n) is 4.96. The summed E-state index contributed by atoms with van der Waals surface area (Å²) in [5.41, 5.74) is 0.384. The van der Waals surface area contributed by atoms with Crippen LogP contribution in [0.15, 0.2) is 54.6 Å². The van der Waals surface area contributed by atoms with Crippen molar-refractivity contribution in [3.8, 4) is 0 Å². The van der Waals surface area contributed by atoms with E-state index in [1.165, 1.54) is 17.7 Å². The van der Waals surface area contributed by atoms with Gasteiger partial charge in [-0.3, -0.25) is 9.69 Å². The number of alkyl halides is 3. The van der Waals surface area contributed by atoms with Gasteiger partial charge in [0.25, 0.3) is 5.91 Å². The number of nitrogens with zero attached hydrogens (tertiary/aromatic N) is 1. The average Bonchev–Trinajstić information content (AvgIpc) is 2.74. The minimum atomic E-state index is -4.45. The van der Waals surface area contributed by atoms with Crippen molar-refractivity contribution in [2.45, 2.75) is 25.1 Å². The molecule has 1 aliphatic rings. The van der Waals surface area contributed by atoms with Crippen LogP contribution in [0.1, 0.15) is 40.4 Å². The fraction of sp³-hybridized carbons (Fsp3) is 0.409. The molecular weight excluding hydrogens is 381 g/mol. The molecule has 0 bridgehead atoms. The van der Waals surface area contributed by atoms with Gasteiger partial charge in [0.05, 0.1) is 18.3 Å². The van der Waals surface area contributed by atoms with Gasteiger partial charge in [0.1, 0.15) is 0 Å². The van der Waals surface area contributed by atoms with Gasteiger partial charge in [-0.25, -0.2) is 0 Å². The van der Waals surface area contributed by atoms with Crippen molar-refractivity contribution < 1.29 is 22.7 Å². The fourth-order valence-corrected chi connectivity index (χ4v) is 3.38. The zero-order chi connectivity index (χ0) is 20.7. The van der Waals surface area contributed by atoms with Gasteiger partial charge < -0.3 is 10.1 Å². The lowest BCUT2D eigenvalue weighted by Gasteiger charge is -2.33. The number of hydrogen-bond acceptors (Lipinski definition) is 3. The predicted molar refractivity (Wildman–Crippen MR) is 105 cm³/mol. The van der Waals surface area contributed by atoms with Crippen LogP contribution in [0.5, 0.6) is 0 Å². The standard InChI is InChI=1S/C22H25F3N2O2/c23-22(24,25)19-10-6-9-18(15-19)21(28)26-11-4-5-12-27-13-14-29-20(16-27)17-7-2-1-3-8-17/h1-3,6-10,15,20H,4-5,11-14,16H2,(H,26,28)/t20-/m1/s1. The van der Waals surface area contributed by atoms with Gasteiger partial charge in [-0.1, -0.05) is 36.4 Å². The van der Waals surface area contributed by atoms with Gasteiger partial charge in [-0.15, -0.1) is 0 Å². The molecule has 1 saturated heterocycles. The number of carbonyl (C=O) groups excluding carboxylic acids is 1. The SMILES string of the molecule is O=C(NCCCCN1CCO[C@@H](c2ccccc2)C1)c1cccc(C(F)(F)F)c1. The Balaban J connectivity index is 1.38. The zero-order valence-electron chi connectivity index (χ0n) is 16.1. The zero-order valence-corrected chi connectivity index (χ0v) is 16.1. The van der Waals surface area contributed by atoms with E-state index >= 15 is 0 Å². The molecule has 1 N–H and O–H groups in total. The first-order chi connectivity index (χ1) is 13.9. The first kappa shape index (κ1) is 21.3. The molecule has 0 radical (unpaired) electrons. The minimum absolute atomic E-state index is 0.0266. The lowest BCUT2D eigenvalue weighted by molar-refractivity contribution is -0.137. The summed E-state index contributed by atoms with van der Waals surface area (Å²) in [4.78, 5) is 14.4. The van der Waals surface area contributed by atoms with Gasteiger partial charge in [0.2, 0.25) is 0 Å². The molecule has 1 aliphatic heterocycles. The number of ether oxygens (including phenoxy) is 1. The maximum atomic E-state index is 12.8. The van der Waals surface area contributed by atoms with Crippen LogP contribution in [-0.2, 0) is 10.9 Å². The summed E-state index contributed by atoms with van der Waals surface area (Å²) in [7, 11) is 0. The summed E-state index contributed by atoms with van der Waals surface area (Å²) in [5.74, 6) is -0.480. The summed E-state index contributed by atoms with van der Waals surface area (Å²) in [6, 6.07) is 14.6. The summed E-state index contributed by atoms with van der Waals surface area (Å²) < 4.78 is 44.1. The number of benzene rings is 2. The van der Waals surface area contributed by atoms with E-state index in [4.69, 9.17) is 4.74 Å². The first-order valence-corrected chi connectivity index (χ1v) is 9.78. The molecule has 1 fully saturated rings. The second-order valence-electron chi connectivity index (χ2n) is 7.11. The Morgan fingerprint density at radius 1 is 1.10 bits per heavy atom. The molecule has 1 atom stereocenters.